The van der Waals surface area contributed by atoms with E-state index in [1.54, 1.807) is 0 Å². The average molecular weight is 765 g/mol. The molecule has 6 aromatic carbocycles. The smallest absolute Gasteiger partial charge is 0.253 e. The maximum atomic E-state index is 7.71. The Kier molecular flexibility index (Phi) is 10.3. The molecule has 230 valence electrons. The molecule has 0 aliphatic rings. The van der Waals surface area contributed by atoms with Crippen LogP contribution in [0, 0.1) is 0 Å². The molecule has 0 fully saturated rings. The van der Waals surface area contributed by atoms with E-state index in [1.807, 2.05) is 0 Å². The van der Waals surface area contributed by atoms with Gasteiger partial charge in [-0.25, -0.2) is 0 Å². The van der Waals surface area contributed by atoms with Crippen LogP contribution in [0.25, 0.3) is 0 Å². The first-order chi connectivity index (χ1) is 22.4. The average Bonchev–Trinajstić information content (AvgIpc) is 3.12. The van der Waals surface area contributed by atoms with Gasteiger partial charge in [-0.05, 0) is 69.2 Å². The summed E-state index contributed by atoms with van der Waals surface area (Å²) in [5.41, 5.74) is 2.14. The molecule has 0 aromatic heterocycles. The van der Waals surface area contributed by atoms with Crippen molar-refractivity contribution in [3.8, 4) is 0 Å². The lowest BCUT2D eigenvalue weighted by Crippen LogP contribution is -2.61. The van der Waals surface area contributed by atoms with Crippen molar-refractivity contribution in [3.05, 3.63) is 190 Å². The van der Waals surface area contributed by atoms with Crippen molar-refractivity contribution >= 4 is 69.2 Å². The Morgan fingerprint density at radius 1 is 0.370 bits per heavy atom. The number of rotatable bonds is 11. The van der Waals surface area contributed by atoms with E-state index in [0.29, 0.717) is 0 Å². The Labute approximate surface area is 291 Å². The zero-order chi connectivity index (χ0) is 32.0. The Morgan fingerprint density at radius 2 is 0.609 bits per heavy atom. The lowest BCUT2D eigenvalue weighted by Gasteiger charge is -2.41. The first-order valence-electron chi connectivity index (χ1n) is 15.5. The third-order valence-corrected chi connectivity index (χ3v) is 16.9. The third kappa shape index (κ3) is 7.13. The van der Waals surface area contributed by atoms with Gasteiger partial charge in [0.1, 0.15) is 12.2 Å². The van der Waals surface area contributed by atoms with Crippen molar-refractivity contribution in [2.24, 2.45) is 0 Å². The van der Waals surface area contributed by atoms with Gasteiger partial charge in [0.25, 0.3) is 16.6 Å². The van der Waals surface area contributed by atoms with Crippen molar-refractivity contribution in [1.29, 1.82) is 0 Å². The molecule has 0 N–H and O–H groups in total. The minimum absolute atomic E-state index is 0.411. The predicted molar refractivity (Wildman–Crippen MR) is 203 cm³/mol. The summed E-state index contributed by atoms with van der Waals surface area (Å²) >= 11 is 7.34. The predicted octanol–water partition coefficient (Wildman–Crippen LogP) is 8.81. The molecule has 0 bridgehead atoms. The molecule has 0 aliphatic heterocycles. The molecule has 6 rings (SSSR count). The van der Waals surface area contributed by atoms with Gasteiger partial charge >= 0.3 is 0 Å². The van der Waals surface area contributed by atoms with E-state index in [-0.39, 0.29) is 0 Å². The highest BCUT2D eigenvalue weighted by molar-refractivity contribution is 9.10. The van der Waals surface area contributed by atoms with Gasteiger partial charge < -0.3 is 8.85 Å². The molecular weight excluding hydrogens is 728 g/mol. The van der Waals surface area contributed by atoms with Crippen LogP contribution < -0.4 is 20.7 Å². The summed E-state index contributed by atoms with van der Waals surface area (Å²) in [6.45, 7) is 4.63. The molecule has 0 unspecified atom stereocenters. The molecule has 6 heteroatoms. The van der Waals surface area contributed by atoms with Gasteiger partial charge in [0, 0.05) is 8.95 Å². The number of benzene rings is 6. The minimum Gasteiger partial charge on any atom is -0.398 e. The molecule has 46 heavy (non-hydrogen) atoms. The third-order valence-electron chi connectivity index (χ3n) is 8.70. The molecule has 0 saturated carbocycles. The highest BCUT2D eigenvalue weighted by Gasteiger charge is 2.44. The maximum absolute atomic E-state index is 7.71. The van der Waals surface area contributed by atoms with Gasteiger partial charge in [-0.15, -0.1) is 0 Å². The molecular formula is C40H36Br2O2Si2. The van der Waals surface area contributed by atoms with Crippen LogP contribution in [0.4, 0.5) is 0 Å². The summed E-state index contributed by atoms with van der Waals surface area (Å²) in [7, 11) is -5.57. The molecule has 0 spiro atoms. The van der Waals surface area contributed by atoms with Gasteiger partial charge in [0.2, 0.25) is 0 Å². The quantitative estimate of drug-likeness (QED) is 0.123. The Hall–Kier alpha value is -3.37. The molecule has 0 saturated heterocycles. The zero-order valence-electron chi connectivity index (χ0n) is 25.9. The van der Waals surface area contributed by atoms with E-state index in [2.05, 4.69) is 215 Å². The molecule has 2 atom stereocenters. The van der Waals surface area contributed by atoms with E-state index < -0.39 is 28.8 Å². The molecule has 0 aliphatic carbocycles. The molecule has 6 aromatic rings. The van der Waals surface area contributed by atoms with Gasteiger partial charge in [-0.1, -0.05) is 177 Å². The standard InChI is InChI=1S/C40H36Br2O2Si2/c1-45(35-15-7-3-8-16-35,36-17-9-4-10-18-36)43-39(31-23-27-33(41)28-24-31)40(32-25-29-34(42)30-26-32)44-46(2,37-19-11-5-12-20-37)38-21-13-6-14-22-38/h3-30,39-40H,1-2H3/t39-,40-/m0/s1. The maximum Gasteiger partial charge on any atom is 0.253 e. The fourth-order valence-electron chi connectivity index (χ4n) is 6.05. The van der Waals surface area contributed by atoms with Crippen LogP contribution in [-0.4, -0.2) is 16.6 Å². The van der Waals surface area contributed by atoms with Crippen LogP contribution in [0.1, 0.15) is 23.3 Å². The summed E-state index contributed by atoms with van der Waals surface area (Å²) in [4.78, 5) is 0. The normalized spacial score (nSPS) is 13.2. The summed E-state index contributed by atoms with van der Waals surface area (Å²) in [6, 6.07) is 59.9. The second-order valence-electron chi connectivity index (χ2n) is 11.7. The monoisotopic (exact) mass is 762 g/mol. The first kappa shape index (κ1) is 32.6. The van der Waals surface area contributed by atoms with Crippen LogP contribution in [0.5, 0.6) is 0 Å². The van der Waals surface area contributed by atoms with Crippen LogP contribution in [0.2, 0.25) is 13.1 Å². The van der Waals surface area contributed by atoms with Gasteiger partial charge in [0.15, 0.2) is 0 Å². The number of hydrogen-bond donors (Lipinski definition) is 0. The van der Waals surface area contributed by atoms with E-state index in [0.717, 1.165) is 20.1 Å². The topological polar surface area (TPSA) is 18.5 Å². The summed E-state index contributed by atoms with van der Waals surface area (Å²) < 4.78 is 17.5. The molecule has 2 nitrogen and oxygen atoms in total. The highest BCUT2D eigenvalue weighted by Crippen LogP contribution is 2.40. The van der Waals surface area contributed by atoms with Gasteiger partial charge in [-0.3, -0.25) is 0 Å². The number of hydrogen-bond acceptors (Lipinski definition) is 2. The second-order valence-corrected chi connectivity index (χ2v) is 20.5. The minimum atomic E-state index is -2.79. The Morgan fingerprint density at radius 3 is 0.848 bits per heavy atom. The van der Waals surface area contributed by atoms with Crippen molar-refractivity contribution < 1.29 is 8.85 Å². The van der Waals surface area contributed by atoms with Crippen LogP contribution in [0.3, 0.4) is 0 Å². The Balaban J connectivity index is 1.57. The van der Waals surface area contributed by atoms with E-state index in [4.69, 9.17) is 8.85 Å². The Bertz CT molecular complexity index is 1600. The van der Waals surface area contributed by atoms with Crippen LogP contribution in [0.15, 0.2) is 179 Å². The fraction of sp³-hybridized carbons (Fsp3) is 0.100. The van der Waals surface area contributed by atoms with E-state index in [1.165, 1.54) is 20.7 Å². The van der Waals surface area contributed by atoms with E-state index >= 15 is 0 Å². The van der Waals surface area contributed by atoms with Crippen molar-refractivity contribution in [3.63, 3.8) is 0 Å². The lowest BCUT2D eigenvalue weighted by molar-refractivity contribution is 0.0469. The summed E-state index contributed by atoms with van der Waals surface area (Å²) in [5.74, 6) is 0. The molecule has 0 heterocycles. The van der Waals surface area contributed by atoms with Gasteiger partial charge in [0.05, 0.1) is 0 Å². The first-order valence-corrected chi connectivity index (χ1v) is 21.9. The molecule has 0 amide bonds. The fourth-order valence-corrected chi connectivity index (χ4v) is 12.6. The largest absolute Gasteiger partial charge is 0.398 e. The van der Waals surface area contributed by atoms with Gasteiger partial charge in [-0.2, -0.15) is 0 Å². The van der Waals surface area contributed by atoms with Crippen molar-refractivity contribution in [2.45, 2.75) is 25.3 Å². The number of halogens is 2. The SMILES string of the molecule is C[Si](O[C@@H](c1ccc(Br)cc1)[C@@H](O[Si](C)(c1ccccc1)c1ccccc1)c1ccc(Br)cc1)(c1ccccc1)c1ccccc1. The zero-order valence-corrected chi connectivity index (χ0v) is 31.1. The van der Waals surface area contributed by atoms with Crippen molar-refractivity contribution in [1.82, 2.24) is 0 Å². The lowest BCUT2D eigenvalue weighted by atomic mass is 9.98. The summed E-state index contributed by atoms with van der Waals surface area (Å²) in [6.07, 6.45) is -0.823. The van der Waals surface area contributed by atoms with Crippen LogP contribution >= 0.6 is 31.9 Å². The molecule has 0 radical (unpaired) electrons. The highest BCUT2D eigenvalue weighted by atomic mass is 79.9. The second kappa shape index (κ2) is 14.6. The summed E-state index contributed by atoms with van der Waals surface area (Å²) in [5, 5.41) is 4.85. The van der Waals surface area contributed by atoms with Crippen molar-refractivity contribution in [2.75, 3.05) is 0 Å². The van der Waals surface area contributed by atoms with Crippen LogP contribution in [-0.2, 0) is 8.85 Å². The van der Waals surface area contributed by atoms with E-state index in [9.17, 15) is 0 Å².